The minimum absolute atomic E-state index is 0.0605. The maximum atomic E-state index is 12.1. The van der Waals surface area contributed by atoms with Gasteiger partial charge in [-0.25, -0.2) is 4.98 Å². The first-order chi connectivity index (χ1) is 4.20. The molecule has 0 aliphatic carbocycles. The summed E-state index contributed by atoms with van der Waals surface area (Å²) in [5, 5.41) is 8.55. The predicted molar refractivity (Wildman–Crippen MR) is 31.2 cm³/mol. The van der Waals surface area contributed by atoms with Crippen molar-refractivity contribution in [3.63, 3.8) is 0 Å². The molecule has 0 bridgehead atoms. The molecule has 0 aromatic carbocycles. The zero-order chi connectivity index (χ0) is 6.85. The van der Waals surface area contributed by atoms with Crippen LogP contribution in [0.5, 0.6) is 5.75 Å². The van der Waals surface area contributed by atoms with Crippen molar-refractivity contribution in [1.29, 1.82) is 0 Å². The van der Waals surface area contributed by atoms with E-state index in [1.807, 2.05) is 0 Å². The van der Waals surface area contributed by atoms with Crippen molar-refractivity contribution < 1.29 is 9.50 Å². The molecule has 1 N–H and O–H groups in total. The Morgan fingerprint density at radius 2 is 2.22 bits per heavy atom. The first-order valence-electron chi connectivity index (χ1n) is 2.31. The monoisotopic (exact) mass is 123 g/mol. The van der Waals surface area contributed by atoms with E-state index in [9.17, 15) is 4.39 Å². The van der Waals surface area contributed by atoms with E-state index in [0.717, 1.165) is 6.07 Å². The highest BCUT2D eigenvalue weighted by Crippen LogP contribution is 2.07. The SMILES string of the molecule is [B]c1ccc(O)c(F)n1. The number of hydrogen-bond acceptors (Lipinski definition) is 2. The highest BCUT2D eigenvalue weighted by atomic mass is 19.1. The van der Waals surface area contributed by atoms with E-state index in [0.29, 0.717) is 0 Å². The van der Waals surface area contributed by atoms with Gasteiger partial charge in [-0.05, 0) is 17.7 Å². The number of aromatic nitrogens is 1. The van der Waals surface area contributed by atoms with Crippen molar-refractivity contribution in [2.75, 3.05) is 0 Å². The summed E-state index contributed by atoms with van der Waals surface area (Å²) >= 11 is 0. The van der Waals surface area contributed by atoms with E-state index >= 15 is 0 Å². The summed E-state index contributed by atoms with van der Waals surface area (Å²) in [6.45, 7) is 0. The second kappa shape index (κ2) is 2.05. The van der Waals surface area contributed by atoms with Gasteiger partial charge in [0.25, 0.3) is 5.95 Å². The molecule has 1 aromatic heterocycles. The number of nitrogens with zero attached hydrogens (tertiary/aromatic N) is 1. The molecule has 2 nitrogen and oxygen atoms in total. The average molecular weight is 123 g/mol. The molecule has 0 aliphatic rings. The van der Waals surface area contributed by atoms with Crippen LogP contribution in [0.25, 0.3) is 0 Å². The zero-order valence-corrected chi connectivity index (χ0v) is 4.50. The Morgan fingerprint density at radius 3 is 2.67 bits per heavy atom. The van der Waals surface area contributed by atoms with Crippen LogP contribution >= 0.6 is 0 Å². The van der Waals surface area contributed by atoms with Crippen LogP contribution in [0.15, 0.2) is 12.1 Å². The number of halogens is 1. The quantitative estimate of drug-likeness (QED) is 0.380. The third-order valence-electron chi connectivity index (χ3n) is 0.851. The lowest BCUT2D eigenvalue weighted by molar-refractivity contribution is 0.420. The van der Waals surface area contributed by atoms with Gasteiger partial charge in [-0.2, -0.15) is 4.39 Å². The number of aromatic hydroxyl groups is 1. The van der Waals surface area contributed by atoms with Crippen molar-refractivity contribution in [3.8, 4) is 5.75 Å². The van der Waals surface area contributed by atoms with E-state index in [4.69, 9.17) is 13.0 Å². The van der Waals surface area contributed by atoms with Gasteiger partial charge in [-0.1, -0.05) is 0 Å². The van der Waals surface area contributed by atoms with Crippen LogP contribution in [0.2, 0.25) is 0 Å². The Kier molecular flexibility index (Phi) is 1.38. The Morgan fingerprint density at radius 1 is 1.56 bits per heavy atom. The van der Waals surface area contributed by atoms with Gasteiger partial charge in [0, 0.05) is 0 Å². The maximum Gasteiger partial charge on any atom is 0.254 e. The number of pyridine rings is 1. The van der Waals surface area contributed by atoms with Crippen LogP contribution in [-0.2, 0) is 0 Å². The molecule has 1 heterocycles. The summed E-state index contributed by atoms with van der Waals surface area (Å²) in [5.74, 6) is -1.42. The molecule has 0 saturated carbocycles. The molecule has 0 saturated heterocycles. The Labute approximate surface area is 52.8 Å². The molecule has 44 valence electrons. The Bertz CT molecular complexity index is 228. The van der Waals surface area contributed by atoms with Gasteiger partial charge in [-0.15, -0.1) is 0 Å². The second-order valence-corrected chi connectivity index (χ2v) is 1.55. The lowest BCUT2D eigenvalue weighted by atomic mass is 10.0. The lowest BCUT2D eigenvalue weighted by Crippen LogP contribution is -2.08. The fourth-order valence-corrected chi connectivity index (χ4v) is 0.441. The summed E-state index contributed by atoms with van der Waals surface area (Å²) in [7, 11) is 5.07. The topological polar surface area (TPSA) is 33.1 Å². The third kappa shape index (κ3) is 1.19. The van der Waals surface area contributed by atoms with Gasteiger partial charge in [0.05, 0.1) is 0 Å². The average Bonchev–Trinajstić information content (AvgIpc) is 1.80. The van der Waals surface area contributed by atoms with Gasteiger partial charge in [-0.3, -0.25) is 0 Å². The molecule has 4 heteroatoms. The predicted octanol–water partition coefficient (Wildman–Crippen LogP) is -0.280. The molecule has 9 heavy (non-hydrogen) atoms. The largest absolute Gasteiger partial charge is 0.504 e. The van der Waals surface area contributed by atoms with E-state index in [2.05, 4.69) is 4.98 Å². The molecule has 0 fully saturated rings. The molecule has 0 aliphatic heterocycles. The highest BCUT2D eigenvalue weighted by molar-refractivity contribution is 6.30. The van der Waals surface area contributed by atoms with E-state index in [-0.39, 0.29) is 5.59 Å². The van der Waals surface area contributed by atoms with E-state index in [1.54, 1.807) is 0 Å². The van der Waals surface area contributed by atoms with E-state index < -0.39 is 11.7 Å². The minimum atomic E-state index is -0.935. The number of hydrogen-bond donors (Lipinski definition) is 1. The molecule has 2 radical (unpaired) electrons. The fraction of sp³-hybridized carbons (Fsp3) is 0. The smallest absolute Gasteiger partial charge is 0.254 e. The van der Waals surface area contributed by atoms with Crippen molar-refractivity contribution in [3.05, 3.63) is 18.1 Å². The summed E-state index contributed by atoms with van der Waals surface area (Å²) in [6.07, 6.45) is 0. The van der Waals surface area contributed by atoms with Crippen LogP contribution in [-0.4, -0.2) is 17.9 Å². The van der Waals surface area contributed by atoms with Gasteiger partial charge in [0.15, 0.2) is 5.75 Å². The highest BCUT2D eigenvalue weighted by Gasteiger charge is 1.97. The summed E-state index contributed by atoms with van der Waals surface area (Å²) in [4.78, 5) is 3.13. The first-order valence-corrected chi connectivity index (χ1v) is 2.31. The van der Waals surface area contributed by atoms with Crippen molar-refractivity contribution >= 4 is 13.4 Å². The molecule has 0 spiro atoms. The molecule has 1 rings (SSSR count). The van der Waals surface area contributed by atoms with Gasteiger partial charge >= 0.3 is 0 Å². The lowest BCUT2D eigenvalue weighted by Gasteiger charge is -1.93. The molecular weight excluding hydrogens is 120 g/mol. The normalized spacial score (nSPS) is 9.44. The second-order valence-electron chi connectivity index (χ2n) is 1.55. The van der Waals surface area contributed by atoms with Gasteiger partial charge < -0.3 is 5.11 Å². The van der Waals surface area contributed by atoms with Crippen molar-refractivity contribution in [2.24, 2.45) is 0 Å². The van der Waals surface area contributed by atoms with Crippen LogP contribution in [0.3, 0.4) is 0 Å². The van der Waals surface area contributed by atoms with Crippen molar-refractivity contribution in [1.82, 2.24) is 4.98 Å². The Hall–Kier alpha value is -1.06. The molecular formula is C5H3BFNO. The van der Waals surface area contributed by atoms with Crippen LogP contribution in [0.4, 0.5) is 4.39 Å². The van der Waals surface area contributed by atoms with Crippen LogP contribution in [0.1, 0.15) is 0 Å². The Balaban J connectivity index is 3.17. The third-order valence-corrected chi connectivity index (χ3v) is 0.851. The van der Waals surface area contributed by atoms with Gasteiger partial charge in [0.2, 0.25) is 0 Å². The standard InChI is InChI=1S/C5H3BFNO/c6-4-2-1-3(9)5(7)8-4/h1-2,9H. The number of rotatable bonds is 0. The molecule has 0 unspecified atom stereocenters. The van der Waals surface area contributed by atoms with Gasteiger partial charge in [0.1, 0.15) is 7.85 Å². The minimum Gasteiger partial charge on any atom is -0.504 e. The van der Waals surface area contributed by atoms with Crippen LogP contribution in [0, 0.1) is 5.95 Å². The molecule has 1 aromatic rings. The fourth-order valence-electron chi connectivity index (χ4n) is 0.441. The molecule has 0 atom stereocenters. The summed E-state index contributed by atoms with van der Waals surface area (Å²) in [6, 6.07) is 2.47. The van der Waals surface area contributed by atoms with Crippen LogP contribution < -0.4 is 5.59 Å². The molecule has 0 amide bonds. The zero-order valence-electron chi connectivity index (χ0n) is 4.50. The van der Waals surface area contributed by atoms with Crippen molar-refractivity contribution in [2.45, 2.75) is 0 Å². The summed E-state index contributed by atoms with van der Waals surface area (Å²) < 4.78 is 12.1. The first kappa shape index (κ1) is 6.07. The maximum absolute atomic E-state index is 12.1. The van der Waals surface area contributed by atoms with E-state index in [1.165, 1.54) is 6.07 Å². The summed E-state index contributed by atoms with van der Waals surface area (Å²) in [5.41, 5.74) is 0.0605.